The fourth-order valence-electron chi connectivity index (χ4n) is 1.40. The molecule has 2 N–H and O–H groups in total. The zero-order chi connectivity index (χ0) is 16.1. The van der Waals surface area contributed by atoms with Crippen molar-refractivity contribution in [2.45, 2.75) is 34.2 Å². The predicted octanol–water partition coefficient (Wildman–Crippen LogP) is 3.77. The lowest BCUT2D eigenvalue weighted by Crippen LogP contribution is -2.22. The molecule has 2 rings (SSSR count). The highest BCUT2D eigenvalue weighted by atomic mass is 16.3. The highest BCUT2D eigenvalue weighted by Gasteiger charge is 2.04. The van der Waals surface area contributed by atoms with Crippen molar-refractivity contribution in [2.24, 2.45) is 0 Å². The van der Waals surface area contributed by atoms with Gasteiger partial charge in [-0.2, -0.15) is 0 Å². The van der Waals surface area contributed by atoms with Gasteiger partial charge >= 0.3 is 0 Å². The molecule has 0 unspecified atom stereocenters. The number of amides is 1. The molecule has 0 saturated carbocycles. The van der Waals surface area contributed by atoms with E-state index >= 15 is 0 Å². The van der Waals surface area contributed by atoms with Crippen molar-refractivity contribution in [1.29, 1.82) is 0 Å². The number of phenolic OH excluding ortho intramolecular Hbond substituents is 1. The van der Waals surface area contributed by atoms with Crippen molar-refractivity contribution in [3.8, 4) is 5.75 Å². The summed E-state index contributed by atoms with van der Waals surface area (Å²) in [5.41, 5.74) is 1.52. The Balaban J connectivity index is 0.000000921. The van der Waals surface area contributed by atoms with Crippen LogP contribution < -0.4 is 5.32 Å². The lowest BCUT2D eigenvalue weighted by Gasteiger charge is -2.05. The molecule has 0 radical (unpaired) electrons. The quantitative estimate of drug-likeness (QED) is 0.903. The maximum absolute atomic E-state index is 11.7. The normalized spacial score (nSPS) is 8.57. The summed E-state index contributed by atoms with van der Waals surface area (Å²) in [6, 6.07) is 9.82. The number of pyridine rings is 1. The van der Waals surface area contributed by atoms with Crippen LogP contribution in [0.5, 0.6) is 5.75 Å². The van der Waals surface area contributed by atoms with Crippen LogP contribution in [-0.2, 0) is 6.54 Å². The van der Waals surface area contributed by atoms with E-state index in [1.54, 1.807) is 24.5 Å². The summed E-state index contributed by atoms with van der Waals surface area (Å²) in [6.45, 7) is 8.46. The minimum Gasteiger partial charge on any atom is -0.508 e. The number of nitrogens with zero attached hydrogens (tertiary/aromatic N) is 1. The molecule has 0 fully saturated rings. The highest BCUT2D eigenvalue weighted by Crippen LogP contribution is 2.09. The Morgan fingerprint density at radius 2 is 1.52 bits per heavy atom. The molecule has 4 nitrogen and oxygen atoms in total. The van der Waals surface area contributed by atoms with Crippen LogP contribution in [0.3, 0.4) is 0 Å². The van der Waals surface area contributed by atoms with Crippen molar-refractivity contribution in [3.63, 3.8) is 0 Å². The SMILES string of the molecule is CC.CC.O=C(NCc1ccncc1)c1ccc(O)cc1. The number of rotatable bonds is 3. The van der Waals surface area contributed by atoms with Gasteiger partial charge in [-0.05, 0) is 42.0 Å². The first-order chi connectivity index (χ1) is 10.3. The standard InChI is InChI=1S/C13H12N2O2.2C2H6/c16-12-3-1-11(2-4-12)13(17)15-9-10-5-7-14-8-6-10;2*1-2/h1-8,16H,9H2,(H,15,17);2*1-2H3. The second-order valence-electron chi connectivity index (χ2n) is 3.59. The molecular formula is C17H24N2O2. The van der Waals surface area contributed by atoms with Crippen molar-refractivity contribution in [2.75, 3.05) is 0 Å². The lowest BCUT2D eigenvalue weighted by molar-refractivity contribution is 0.0951. The molecule has 0 spiro atoms. The minimum atomic E-state index is -0.165. The summed E-state index contributed by atoms with van der Waals surface area (Å²) < 4.78 is 0. The monoisotopic (exact) mass is 288 g/mol. The zero-order valence-electron chi connectivity index (χ0n) is 13.1. The van der Waals surface area contributed by atoms with Gasteiger partial charge < -0.3 is 10.4 Å². The molecule has 114 valence electrons. The Bertz CT molecular complexity index is 496. The third-order valence-corrected chi connectivity index (χ3v) is 2.33. The molecule has 0 atom stereocenters. The van der Waals surface area contributed by atoms with Crippen LogP contribution in [0.4, 0.5) is 0 Å². The Morgan fingerprint density at radius 3 is 2.05 bits per heavy atom. The number of carbonyl (C=O) groups excluding carboxylic acids is 1. The molecule has 2 aromatic rings. The summed E-state index contributed by atoms with van der Waals surface area (Å²) in [7, 11) is 0. The van der Waals surface area contributed by atoms with E-state index in [0.717, 1.165) is 5.56 Å². The second-order valence-corrected chi connectivity index (χ2v) is 3.59. The van der Waals surface area contributed by atoms with Gasteiger partial charge in [-0.25, -0.2) is 0 Å². The van der Waals surface area contributed by atoms with E-state index in [0.29, 0.717) is 12.1 Å². The Labute approximate surface area is 126 Å². The fraction of sp³-hybridized carbons (Fsp3) is 0.294. The molecule has 21 heavy (non-hydrogen) atoms. The maximum atomic E-state index is 11.7. The smallest absolute Gasteiger partial charge is 0.251 e. The highest BCUT2D eigenvalue weighted by molar-refractivity contribution is 5.94. The zero-order valence-corrected chi connectivity index (χ0v) is 13.1. The molecule has 1 aromatic heterocycles. The number of aromatic hydroxyl groups is 1. The van der Waals surface area contributed by atoms with E-state index in [1.807, 2.05) is 39.8 Å². The summed E-state index contributed by atoms with van der Waals surface area (Å²) in [5.74, 6) is -0.0162. The van der Waals surface area contributed by atoms with Gasteiger partial charge in [0.1, 0.15) is 5.75 Å². The third-order valence-electron chi connectivity index (χ3n) is 2.33. The van der Waals surface area contributed by atoms with Crippen molar-refractivity contribution >= 4 is 5.91 Å². The van der Waals surface area contributed by atoms with E-state index in [2.05, 4.69) is 10.3 Å². The van der Waals surface area contributed by atoms with Crippen LogP contribution in [0.25, 0.3) is 0 Å². The first-order valence-corrected chi connectivity index (χ1v) is 7.22. The molecule has 4 heteroatoms. The molecule has 0 aliphatic heterocycles. The Hall–Kier alpha value is -2.36. The van der Waals surface area contributed by atoms with Gasteiger partial charge in [-0.3, -0.25) is 9.78 Å². The first kappa shape index (κ1) is 18.6. The summed E-state index contributed by atoms with van der Waals surface area (Å²) in [5, 5.41) is 11.9. The molecule has 1 amide bonds. The molecule has 0 saturated heterocycles. The number of benzene rings is 1. The largest absolute Gasteiger partial charge is 0.508 e. The van der Waals surface area contributed by atoms with E-state index < -0.39 is 0 Å². The van der Waals surface area contributed by atoms with Crippen LogP contribution in [0.15, 0.2) is 48.8 Å². The van der Waals surface area contributed by atoms with Gasteiger partial charge in [0.2, 0.25) is 0 Å². The van der Waals surface area contributed by atoms with Gasteiger partial charge in [0.15, 0.2) is 0 Å². The van der Waals surface area contributed by atoms with Gasteiger partial charge in [0.25, 0.3) is 5.91 Å². The van der Waals surface area contributed by atoms with Gasteiger partial charge in [0, 0.05) is 24.5 Å². The fourth-order valence-corrected chi connectivity index (χ4v) is 1.40. The second kappa shape index (κ2) is 11.5. The summed E-state index contributed by atoms with van der Waals surface area (Å²) in [4.78, 5) is 15.6. The summed E-state index contributed by atoms with van der Waals surface area (Å²) in [6.07, 6.45) is 3.37. The van der Waals surface area contributed by atoms with Crippen LogP contribution in [-0.4, -0.2) is 16.0 Å². The van der Waals surface area contributed by atoms with Crippen molar-refractivity contribution in [1.82, 2.24) is 10.3 Å². The van der Waals surface area contributed by atoms with Crippen LogP contribution in [0.2, 0.25) is 0 Å². The van der Waals surface area contributed by atoms with Gasteiger partial charge in [-0.15, -0.1) is 0 Å². The molecule has 1 aromatic carbocycles. The maximum Gasteiger partial charge on any atom is 0.251 e. The molecule has 1 heterocycles. The average Bonchev–Trinajstić information content (AvgIpc) is 2.58. The van der Waals surface area contributed by atoms with Crippen molar-refractivity contribution < 1.29 is 9.90 Å². The van der Waals surface area contributed by atoms with E-state index in [9.17, 15) is 4.79 Å². The third kappa shape index (κ3) is 7.11. The number of nitrogens with one attached hydrogen (secondary N) is 1. The number of hydrogen-bond donors (Lipinski definition) is 2. The van der Waals surface area contributed by atoms with Crippen molar-refractivity contribution in [3.05, 3.63) is 59.9 Å². The first-order valence-electron chi connectivity index (χ1n) is 7.22. The summed E-state index contributed by atoms with van der Waals surface area (Å²) >= 11 is 0. The van der Waals surface area contributed by atoms with E-state index in [1.165, 1.54) is 12.1 Å². The minimum absolute atomic E-state index is 0.149. The van der Waals surface area contributed by atoms with E-state index in [4.69, 9.17) is 5.11 Å². The van der Waals surface area contributed by atoms with Gasteiger partial charge in [-0.1, -0.05) is 27.7 Å². The average molecular weight is 288 g/mol. The molecule has 0 aliphatic carbocycles. The topological polar surface area (TPSA) is 62.2 Å². The number of hydrogen-bond acceptors (Lipinski definition) is 3. The lowest BCUT2D eigenvalue weighted by atomic mass is 10.2. The number of phenols is 1. The Kier molecular flexibility index (Phi) is 10.2. The van der Waals surface area contributed by atoms with Crippen LogP contribution >= 0.6 is 0 Å². The number of aromatic nitrogens is 1. The number of carbonyl (C=O) groups is 1. The van der Waals surface area contributed by atoms with Gasteiger partial charge in [0.05, 0.1) is 0 Å². The molecule has 0 aliphatic rings. The molecular weight excluding hydrogens is 264 g/mol. The van der Waals surface area contributed by atoms with Crippen LogP contribution in [0, 0.1) is 0 Å². The molecule has 0 bridgehead atoms. The predicted molar refractivity (Wildman–Crippen MR) is 86.2 cm³/mol. The van der Waals surface area contributed by atoms with Crippen LogP contribution in [0.1, 0.15) is 43.6 Å². The van der Waals surface area contributed by atoms with E-state index in [-0.39, 0.29) is 11.7 Å². The Morgan fingerprint density at radius 1 is 1.00 bits per heavy atom.